The molecule has 0 spiro atoms. The van der Waals surface area contributed by atoms with E-state index in [9.17, 15) is 0 Å². The van der Waals surface area contributed by atoms with Crippen molar-refractivity contribution in [3.63, 3.8) is 0 Å². The van der Waals surface area contributed by atoms with Crippen molar-refractivity contribution in [1.82, 2.24) is 4.98 Å². The Bertz CT molecular complexity index is 297. The van der Waals surface area contributed by atoms with Crippen molar-refractivity contribution < 1.29 is 0 Å². The highest BCUT2D eigenvalue weighted by Gasteiger charge is 2.00. The predicted molar refractivity (Wildman–Crippen MR) is 64.9 cm³/mol. The van der Waals surface area contributed by atoms with Crippen LogP contribution in [0.1, 0.15) is 37.9 Å². The molecule has 0 aromatic carbocycles. The second-order valence-electron chi connectivity index (χ2n) is 3.73. The second-order valence-corrected chi connectivity index (χ2v) is 3.73. The number of pyridine rings is 1. The van der Waals surface area contributed by atoms with Gasteiger partial charge in [-0.2, -0.15) is 0 Å². The van der Waals surface area contributed by atoms with Crippen LogP contribution in [0.2, 0.25) is 0 Å². The summed E-state index contributed by atoms with van der Waals surface area (Å²) in [5.41, 5.74) is 7.95. The van der Waals surface area contributed by atoms with Crippen LogP contribution in [0.15, 0.2) is 12.1 Å². The molecule has 0 saturated heterocycles. The zero-order valence-corrected chi connectivity index (χ0v) is 9.71. The van der Waals surface area contributed by atoms with Crippen LogP contribution in [0.3, 0.4) is 0 Å². The zero-order chi connectivity index (χ0) is 11.1. The average Bonchev–Trinajstić information content (AvgIpc) is 2.26. The average molecular weight is 207 g/mol. The van der Waals surface area contributed by atoms with E-state index in [1.165, 1.54) is 0 Å². The molecule has 0 amide bonds. The van der Waals surface area contributed by atoms with Crippen LogP contribution in [0, 0.1) is 0 Å². The number of aromatic nitrogens is 1. The molecule has 1 rings (SSSR count). The highest BCUT2D eigenvalue weighted by atomic mass is 15.0. The van der Waals surface area contributed by atoms with Crippen molar-refractivity contribution in [3.05, 3.63) is 23.4 Å². The van der Waals surface area contributed by atoms with Gasteiger partial charge in [0.05, 0.1) is 0 Å². The Morgan fingerprint density at radius 1 is 1.27 bits per heavy atom. The first-order chi connectivity index (χ1) is 7.30. The maximum absolute atomic E-state index is 5.66. The lowest BCUT2D eigenvalue weighted by Gasteiger charge is -2.08. The second kappa shape index (κ2) is 6.40. The van der Waals surface area contributed by atoms with Crippen LogP contribution in [0.5, 0.6) is 0 Å². The van der Waals surface area contributed by atoms with Crippen molar-refractivity contribution >= 4 is 5.82 Å². The highest BCUT2D eigenvalue weighted by Crippen LogP contribution is 2.11. The van der Waals surface area contributed by atoms with Crippen LogP contribution < -0.4 is 11.1 Å². The van der Waals surface area contributed by atoms with Gasteiger partial charge >= 0.3 is 0 Å². The van der Waals surface area contributed by atoms with Gasteiger partial charge < -0.3 is 11.1 Å². The molecule has 0 aliphatic carbocycles. The van der Waals surface area contributed by atoms with E-state index in [0.717, 1.165) is 42.9 Å². The topological polar surface area (TPSA) is 50.9 Å². The quantitative estimate of drug-likeness (QED) is 0.752. The molecule has 0 aliphatic heterocycles. The van der Waals surface area contributed by atoms with Crippen molar-refractivity contribution in [1.29, 1.82) is 0 Å². The van der Waals surface area contributed by atoms with E-state index in [-0.39, 0.29) is 0 Å². The Hall–Kier alpha value is -1.09. The van der Waals surface area contributed by atoms with Gasteiger partial charge in [0.2, 0.25) is 0 Å². The maximum Gasteiger partial charge on any atom is 0.126 e. The zero-order valence-electron chi connectivity index (χ0n) is 9.71. The summed E-state index contributed by atoms with van der Waals surface area (Å²) >= 11 is 0. The highest BCUT2D eigenvalue weighted by molar-refractivity contribution is 5.39. The number of rotatable bonds is 6. The third kappa shape index (κ3) is 3.88. The summed E-state index contributed by atoms with van der Waals surface area (Å²) in [7, 11) is 0. The predicted octanol–water partition coefficient (Wildman–Crippen LogP) is 2.31. The van der Waals surface area contributed by atoms with E-state index in [2.05, 4.69) is 30.2 Å². The SMILES string of the molecule is CCCNc1cc(CN)cc(CCC)n1. The van der Waals surface area contributed by atoms with Gasteiger partial charge in [-0.25, -0.2) is 4.98 Å². The van der Waals surface area contributed by atoms with E-state index in [0.29, 0.717) is 6.54 Å². The minimum absolute atomic E-state index is 0.583. The molecule has 1 heterocycles. The van der Waals surface area contributed by atoms with E-state index in [4.69, 9.17) is 5.73 Å². The lowest BCUT2D eigenvalue weighted by molar-refractivity contribution is 0.870. The fraction of sp³-hybridized carbons (Fsp3) is 0.583. The largest absolute Gasteiger partial charge is 0.370 e. The Balaban J connectivity index is 2.79. The van der Waals surface area contributed by atoms with Crippen molar-refractivity contribution in [2.75, 3.05) is 11.9 Å². The van der Waals surface area contributed by atoms with E-state index in [1.807, 2.05) is 6.07 Å². The first-order valence-corrected chi connectivity index (χ1v) is 5.74. The summed E-state index contributed by atoms with van der Waals surface area (Å²) in [6.45, 7) is 5.86. The van der Waals surface area contributed by atoms with Gasteiger partial charge in [-0.15, -0.1) is 0 Å². The summed E-state index contributed by atoms with van der Waals surface area (Å²) in [6, 6.07) is 4.13. The molecule has 0 saturated carbocycles. The minimum Gasteiger partial charge on any atom is -0.370 e. The Labute approximate surface area is 92.1 Å². The van der Waals surface area contributed by atoms with Gasteiger partial charge in [-0.1, -0.05) is 20.3 Å². The third-order valence-electron chi connectivity index (χ3n) is 2.24. The van der Waals surface area contributed by atoms with Crippen molar-refractivity contribution in [3.8, 4) is 0 Å². The van der Waals surface area contributed by atoms with Gasteiger partial charge in [-0.3, -0.25) is 0 Å². The van der Waals surface area contributed by atoms with Crippen LogP contribution in [-0.2, 0) is 13.0 Å². The first-order valence-electron chi connectivity index (χ1n) is 5.74. The van der Waals surface area contributed by atoms with Gasteiger partial charge in [0.25, 0.3) is 0 Å². The molecule has 3 nitrogen and oxygen atoms in total. The standard InChI is InChI=1S/C12H21N3/c1-3-5-11-7-10(9-13)8-12(15-11)14-6-4-2/h7-8H,3-6,9,13H2,1-2H3,(H,14,15). The molecule has 0 unspecified atom stereocenters. The number of anilines is 1. The van der Waals surface area contributed by atoms with E-state index in [1.54, 1.807) is 0 Å². The van der Waals surface area contributed by atoms with Gasteiger partial charge in [-0.05, 0) is 30.5 Å². The summed E-state index contributed by atoms with van der Waals surface area (Å²) < 4.78 is 0. The molecular formula is C12H21N3. The Morgan fingerprint density at radius 3 is 2.67 bits per heavy atom. The summed E-state index contributed by atoms with van der Waals surface area (Å²) in [5, 5.41) is 3.30. The number of nitrogens with two attached hydrogens (primary N) is 1. The molecule has 3 heteroatoms. The molecule has 0 atom stereocenters. The Kier molecular flexibility index (Phi) is 5.12. The molecule has 0 bridgehead atoms. The summed E-state index contributed by atoms with van der Waals surface area (Å²) in [5.74, 6) is 0.961. The Morgan fingerprint density at radius 2 is 2.07 bits per heavy atom. The van der Waals surface area contributed by atoms with Crippen molar-refractivity contribution in [2.24, 2.45) is 5.73 Å². The number of nitrogens with zero attached hydrogens (tertiary/aromatic N) is 1. The third-order valence-corrected chi connectivity index (χ3v) is 2.24. The normalized spacial score (nSPS) is 10.3. The maximum atomic E-state index is 5.66. The van der Waals surface area contributed by atoms with Crippen LogP contribution >= 0.6 is 0 Å². The van der Waals surface area contributed by atoms with E-state index >= 15 is 0 Å². The lowest BCUT2D eigenvalue weighted by Crippen LogP contribution is -2.06. The van der Waals surface area contributed by atoms with Crippen molar-refractivity contribution in [2.45, 2.75) is 39.7 Å². The van der Waals surface area contributed by atoms with E-state index < -0.39 is 0 Å². The summed E-state index contributed by atoms with van der Waals surface area (Å²) in [6.07, 6.45) is 3.25. The van der Waals surface area contributed by atoms with Crippen LogP contribution in [-0.4, -0.2) is 11.5 Å². The molecule has 0 aliphatic rings. The lowest BCUT2D eigenvalue weighted by atomic mass is 10.1. The summed E-state index contributed by atoms with van der Waals surface area (Å²) in [4.78, 5) is 4.54. The number of hydrogen-bond donors (Lipinski definition) is 2. The smallest absolute Gasteiger partial charge is 0.126 e. The number of nitrogens with one attached hydrogen (secondary N) is 1. The van der Waals surface area contributed by atoms with Crippen LogP contribution in [0.25, 0.3) is 0 Å². The molecule has 3 N–H and O–H groups in total. The fourth-order valence-corrected chi connectivity index (χ4v) is 1.50. The molecule has 84 valence electrons. The monoisotopic (exact) mass is 207 g/mol. The minimum atomic E-state index is 0.583. The number of aryl methyl sites for hydroxylation is 1. The van der Waals surface area contributed by atoms with Gasteiger partial charge in [0, 0.05) is 18.8 Å². The first kappa shape index (κ1) is 12.0. The molecule has 0 radical (unpaired) electrons. The molecule has 0 fully saturated rings. The molecule has 1 aromatic rings. The molecule has 1 aromatic heterocycles. The van der Waals surface area contributed by atoms with Gasteiger partial charge in [0.1, 0.15) is 5.82 Å². The number of hydrogen-bond acceptors (Lipinski definition) is 3. The molecule has 15 heavy (non-hydrogen) atoms. The fourth-order valence-electron chi connectivity index (χ4n) is 1.50. The molecular weight excluding hydrogens is 186 g/mol. The van der Waals surface area contributed by atoms with Crippen LogP contribution in [0.4, 0.5) is 5.82 Å². The van der Waals surface area contributed by atoms with Gasteiger partial charge in [0.15, 0.2) is 0 Å².